The number of aromatic carboxylic acids is 1. The molecule has 0 amide bonds. The number of carbonyl (C=O) groups is 2. The number of hydrogen-bond acceptors (Lipinski definition) is 2. The van der Waals surface area contributed by atoms with Crippen LogP contribution in [0.15, 0.2) is 22.7 Å². The highest BCUT2D eigenvalue weighted by Gasteiger charge is 2.12. The average Bonchev–Trinajstić information content (AvgIpc) is 2.18. The molecule has 0 aliphatic heterocycles. The van der Waals surface area contributed by atoms with E-state index in [0.29, 0.717) is 21.8 Å². The van der Waals surface area contributed by atoms with Crippen LogP contribution in [0.1, 0.15) is 27.1 Å². The summed E-state index contributed by atoms with van der Waals surface area (Å²) < 4.78 is 0.624. The van der Waals surface area contributed by atoms with E-state index in [1.54, 1.807) is 6.07 Å². The van der Waals surface area contributed by atoms with Gasteiger partial charge in [0, 0.05) is 21.8 Å². The highest BCUT2D eigenvalue weighted by molar-refractivity contribution is 9.10. The smallest absolute Gasteiger partial charge is 0.335 e. The van der Waals surface area contributed by atoms with Gasteiger partial charge >= 0.3 is 5.97 Å². The van der Waals surface area contributed by atoms with E-state index in [2.05, 4.69) is 31.9 Å². The van der Waals surface area contributed by atoms with Crippen molar-refractivity contribution in [2.24, 2.45) is 0 Å². The quantitative estimate of drug-likeness (QED) is 0.679. The van der Waals surface area contributed by atoms with Crippen molar-refractivity contribution in [3.05, 3.63) is 33.8 Å². The van der Waals surface area contributed by atoms with E-state index in [-0.39, 0.29) is 11.3 Å². The van der Waals surface area contributed by atoms with Crippen molar-refractivity contribution in [1.82, 2.24) is 0 Å². The highest BCUT2D eigenvalue weighted by Crippen LogP contribution is 2.20. The first kappa shape index (κ1) is 12.4. The third-order valence-corrected chi connectivity index (χ3v) is 2.92. The summed E-state index contributed by atoms with van der Waals surface area (Å²) in [6.45, 7) is 0. The number of rotatable bonds is 4. The van der Waals surface area contributed by atoms with Crippen LogP contribution < -0.4 is 0 Å². The second-order valence-corrected chi connectivity index (χ2v) is 4.51. The predicted octanol–water partition coefficient (Wildman–Crippen LogP) is 3.12. The van der Waals surface area contributed by atoms with Crippen molar-refractivity contribution in [2.75, 3.05) is 5.33 Å². The Bertz CT molecular complexity index is 402. The van der Waals surface area contributed by atoms with Crippen molar-refractivity contribution >= 4 is 43.6 Å². The van der Waals surface area contributed by atoms with Gasteiger partial charge in [0.2, 0.25) is 0 Å². The summed E-state index contributed by atoms with van der Waals surface area (Å²) >= 11 is 6.39. The molecule has 0 aliphatic carbocycles. The van der Waals surface area contributed by atoms with Crippen LogP contribution in [0, 0.1) is 0 Å². The number of benzene rings is 1. The van der Waals surface area contributed by atoms with Gasteiger partial charge < -0.3 is 5.11 Å². The second-order valence-electron chi connectivity index (χ2n) is 2.86. The summed E-state index contributed by atoms with van der Waals surface area (Å²) in [6, 6.07) is 4.42. The summed E-state index contributed by atoms with van der Waals surface area (Å²) in [5, 5.41) is 9.34. The molecule has 1 aromatic carbocycles. The molecule has 15 heavy (non-hydrogen) atoms. The molecule has 1 aromatic rings. The third kappa shape index (κ3) is 3.14. The van der Waals surface area contributed by atoms with E-state index in [4.69, 9.17) is 5.11 Å². The first-order valence-corrected chi connectivity index (χ1v) is 6.09. The van der Waals surface area contributed by atoms with E-state index in [0.717, 1.165) is 0 Å². The van der Waals surface area contributed by atoms with E-state index in [9.17, 15) is 9.59 Å². The standard InChI is InChI=1S/C10H8Br2O3/c11-4-3-9(13)7-5-6(10(14)15)1-2-8(7)12/h1-2,5H,3-4H2,(H,14,15). The van der Waals surface area contributed by atoms with Gasteiger partial charge in [-0.25, -0.2) is 4.79 Å². The van der Waals surface area contributed by atoms with Gasteiger partial charge in [-0.15, -0.1) is 0 Å². The molecular weight excluding hydrogens is 328 g/mol. The number of halogens is 2. The van der Waals surface area contributed by atoms with Gasteiger partial charge in [-0.1, -0.05) is 31.9 Å². The molecule has 1 rings (SSSR count). The van der Waals surface area contributed by atoms with Crippen molar-refractivity contribution < 1.29 is 14.7 Å². The van der Waals surface area contributed by atoms with Crippen LogP contribution in [-0.4, -0.2) is 22.2 Å². The molecule has 1 N–H and O–H groups in total. The van der Waals surface area contributed by atoms with Gasteiger partial charge in [0.15, 0.2) is 5.78 Å². The molecule has 3 nitrogen and oxygen atoms in total. The van der Waals surface area contributed by atoms with E-state index in [1.165, 1.54) is 12.1 Å². The molecule has 0 spiro atoms. The number of carboxylic acids is 1. The zero-order valence-electron chi connectivity index (χ0n) is 7.67. The molecule has 0 saturated carbocycles. The Morgan fingerprint density at radius 3 is 2.53 bits per heavy atom. The first-order chi connectivity index (χ1) is 7.06. The van der Waals surface area contributed by atoms with Crippen LogP contribution in [-0.2, 0) is 0 Å². The molecule has 0 heterocycles. The Kier molecular flexibility index (Phi) is 4.47. The molecular formula is C10H8Br2O3. The fourth-order valence-electron chi connectivity index (χ4n) is 1.09. The molecule has 0 aromatic heterocycles. The number of alkyl halides is 1. The second kappa shape index (κ2) is 5.42. The minimum absolute atomic E-state index is 0.0816. The van der Waals surface area contributed by atoms with Gasteiger partial charge in [0.05, 0.1) is 5.56 Å². The van der Waals surface area contributed by atoms with Gasteiger partial charge in [-0.05, 0) is 18.2 Å². The molecule has 80 valence electrons. The molecule has 0 radical (unpaired) electrons. The summed E-state index contributed by atoms with van der Waals surface area (Å²) in [7, 11) is 0. The lowest BCUT2D eigenvalue weighted by Crippen LogP contribution is -2.04. The zero-order valence-corrected chi connectivity index (χ0v) is 10.8. The molecule has 0 bridgehead atoms. The van der Waals surface area contributed by atoms with Crippen molar-refractivity contribution in [2.45, 2.75) is 6.42 Å². The predicted molar refractivity (Wildman–Crippen MR) is 63.8 cm³/mol. The van der Waals surface area contributed by atoms with Gasteiger partial charge in [-0.2, -0.15) is 0 Å². The van der Waals surface area contributed by atoms with E-state index < -0.39 is 5.97 Å². The van der Waals surface area contributed by atoms with Crippen molar-refractivity contribution in [3.63, 3.8) is 0 Å². The maximum atomic E-state index is 11.6. The van der Waals surface area contributed by atoms with Crippen LogP contribution in [0.5, 0.6) is 0 Å². The van der Waals surface area contributed by atoms with Gasteiger partial charge in [-0.3, -0.25) is 4.79 Å². The SMILES string of the molecule is O=C(O)c1ccc(Br)c(C(=O)CCBr)c1. The average molecular weight is 336 g/mol. The normalized spacial score (nSPS) is 10.0. The fourth-order valence-corrected chi connectivity index (χ4v) is 1.92. The Hall–Kier alpha value is -0.680. The first-order valence-electron chi connectivity index (χ1n) is 4.18. The van der Waals surface area contributed by atoms with Crippen molar-refractivity contribution in [3.8, 4) is 0 Å². The minimum Gasteiger partial charge on any atom is -0.478 e. The summed E-state index contributed by atoms with van der Waals surface area (Å²) in [4.78, 5) is 22.3. The van der Waals surface area contributed by atoms with Crippen LogP contribution in [0.2, 0.25) is 0 Å². The lowest BCUT2D eigenvalue weighted by molar-refractivity contribution is 0.0697. The molecule has 0 atom stereocenters. The minimum atomic E-state index is -1.03. The van der Waals surface area contributed by atoms with Crippen LogP contribution >= 0.6 is 31.9 Å². The topological polar surface area (TPSA) is 54.4 Å². The fraction of sp³-hybridized carbons (Fsp3) is 0.200. The molecule has 0 saturated heterocycles. The van der Waals surface area contributed by atoms with Crippen LogP contribution in [0.25, 0.3) is 0 Å². The summed E-state index contributed by atoms with van der Waals surface area (Å²) in [6.07, 6.45) is 0.349. The Morgan fingerprint density at radius 1 is 1.33 bits per heavy atom. The van der Waals surface area contributed by atoms with E-state index >= 15 is 0 Å². The number of carboxylic acid groups (broad SMARTS) is 1. The Labute approximate surface area is 104 Å². The van der Waals surface area contributed by atoms with Crippen molar-refractivity contribution in [1.29, 1.82) is 0 Å². The largest absolute Gasteiger partial charge is 0.478 e. The summed E-state index contributed by atoms with van der Waals surface area (Å²) in [5.41, 5.74) is 0.533. The van der Waals surface area contributed by atoms with Crippen LogP contribution in [0.4, 0.5) is 0 Å². The number of carbonyl (C=O) groups excluding carboxylic acids is 1. The van der Waals surface area contributed by atoms with Gasteiger partial charge in [0.25, 0.3) is 0 Å². The Balaban J connectivity index is 3.10. The third-order valence-electron chi connectivity index (χ3n) is 1.84. The number of hydrogen-bond donors (Lipinski definition) is 1. The molecule has 0 aliphatic rings. The lowest BCUT2D eigenvalue weighted by Gasteiger charge is -2.03. The molecule has 0 fully saturated rings. The van der Waals surface area contributed by atoms with E-state index in [1.807, 2.05) is 0 Å². The highest BCUT2D eigenvalue weighted by atomic mass is 79.9. The molecule has 5 heteroatoms. The van der Waals surface area contributed by atoms with Gasteiger partial charge in [0.1, 0.15) is 0 Å². The number of ketones is 1. The number of Topliss-reactive ketones (excluding diaryl/α,β-unsaturated/α-hetero) is 1. The maximum absolute atomic E-state index is 11.6. The maximum Gasteiger partial charge on any atom is 0.335 e. The monoisotopic (exact) mass is 334 g/mol. The zero-order chi connectivity index (χ0) is 11.4. The summed E-state index contributed by atoms with van der Waals surface area (Å²) in [5.74, 6) is -1.11. The Morgan fingerprint density at radius 2 is 2.00 bits per heavy atom. The van der Waals surface area contributed by atoms with Crippen LogP contribution in [0.3, 0.4) is 0 Å². The molecule has 0 unspecified atom stereocenters. The lowest BCUT2D eigenvalue weighted by atomic mass is 10.1.